The van der Waals surface area contributed by atoms with E-state index in [9.17, 15) is 4.79 Å². The number of carbonyl (C=O) groups excluding carboxylic acids is 1. The summed E-state index contributed by atoms with van der Waals surface area (Å²) in [6.45, 7) is 6.13. The smallest absolute Gasteiger partial charge is 0.151 e. The summed E-state index contributed by atoms with van der Waals surface area (Å²) in [6, 6.07) is 0. The molecule has 0 unspecified atom stereocenters. The summed E-state index contributed by atoms with van der Waals surface area (Å²) in [6.07, 6.45) is 20.9. The summed E-state index contributed by atoms with van der Waals surface area (Å²) in [7, 11) is 0. The molecule has 34 heavy (non-hydrogen) atoms. The van der Waals surface area contributed by atoms with Crippen LogP contribution in [-0.4, -0.2) is 37.4 Å². The maximum absolute atomic E-state index is 15.7. The van der Waals surface area contributed by atoms with Crippen molar-refractivity contribution in [2.24, 2.45) is 10.8 Å². The molecule has 3 rings (SSSR count). The number of ether oxygens (including phenoxy) is 2. The number of halogens is 1. The van der Waals surface area contributed by atoms with Crippen molar-refractivity contribution in [3.63, 3.8) is 0 Å². The maximum Gasteiger partial charge on any atom is 0.151 e. The first-order valence-electron chi connectivity index (χ1n) is 15.0. The van der Waals surface area contributed by atoms with Crippen LogP contribution >= 0.6 is 0 Å². The summed E-state index contributed by atoms with van der Waals surface area (Å²) in [5.74, 6) is 0.247. The van der Waals surface area contributed by atoms with Crippen LogP contribution in [0.25, 0.3) is 0 Å². The van der Waals surface area contributed by atoms with Gasteiger partial charge in [-0.15, -0.1) is 0 Å². The Bertz CT molecular complexity index is 528. The summed E-state index contributed by atoms with van der Waals surface area (Å²) in [5.41, 5.74) is -1.38. The Hall–Kier alpha value is -0.480. The van der Waals surface area contributed by atoms with Gasteiger partial charge in [0, 0.05) is 13.2 Å². The van der Waals surface area contributed by atoms with Crippen molar-refractivity contribution < 1.29 is 18.7 Å². The SMILES string of the molecule is CCCCCCCCOC1CC[C@]2(CC1)C(=O)[C@@]1(CCC(OCCCCCCCC)CC1)C2F. The number of Topliss-reactive ketones (excluding diaryl/α,β-unsaturated/α-hetero) is 1. The number of alkyl halides is 1. The molecular formula is C30H53FO3. The monoisotopic (exact) mass is 480 g/mol. The molecule has 0 atom stereocenters. The van der Waals surface area contributed by atoms with Crippen molar-refractivity contribution in [3.05, 3.63) is 0 Å². The Labute approximate surface area is 209 Å². The van der Waals surface area contributed by atoms with Gasteiger partial charge in [-0.3, -0.25) is 4.79 Å². The fourth-order valence-corrected chi connectivity index (χ4v) is 6.95. The molecule has 2 spiro atoms. The first-order valence-corrected chi connectivity index (χ1v) is 15.0. The van der Waals surface area contributed by atoms with Gasteiger partial charge in [-0.1, -0.05) is 78.1 Å². The molecule has 0 N–H and O–H groups in total. The van der Waals surface area contributed by atoms with E-state index in [4.69, 9.17) is 9.47 Å². The number of unbranched alkanes of at least 4 members (excludes halogenated alkanes) is 10. The molecule has 0 bridgehead atoms. The molecule has 3 aliphatic carbocycles. The van der Waals surface area contributed by atoms with Crippen LogP contribution in [0, 0.1) is 10.8 Å². The zero-order chi connectivity index (χ0) is 24.3. The second-order valence-electron chi connectivity index (χ2n) is 11.7. The van der Waals surface area contributed by atoms with E-state index in [1.54, 1.807) is 0 Å². The highest BCUT2D eigenvalue weighted by atomic mass is 19.1. The zero-order valence-corrected chi connectivity index (χ0v) is 22.4. The number of rotatable bonds is 16. The lowest BCUT2D eigenvalue weighted by molar-refractivity contribution is -0.198. The summed E-state index contributed by atoms with van der Waals surface area (Å²) >= 11 is 0. The van der Waals surface area contributed by atoms with Gasteiger partial charge in [0.2, 0.25) is 0 Å². The van der Waals surface area contributed by atoms with Crippen LogP contribution in [0.15, 0.2) is 0 Å². The molecule has 0 amide bonds. The van der Waals surface area contributed by atoms with Gasteiger partial charge in [0.05, 0.1) is 23.0 Å². The van der Waals surface area contributed by atoms with Crippen molar-refractivity contribution in [1.82, 2.24) is 0 Å². The summed E-state index contributed by atoms with van der Waals surface area (Å²) < 4.78 is 27.9. The van der Waals surface area contributed by atoms with Gasteiger partial charge in [0.15, 0.2) is 5.78 Å². The maximum atomic E-state index is 15.7. The Kier molecular flexibility index (Phi) is 11.8. The molecule has 3 fully saturated rings. The van der Waals surface area contributed by atoms with Gasteiger partial charge in [-0.25, -0.2) is 4.39 Å². The van der Waals surface area contributed by atoms with E-state index in [1.165, 1.54) is 64.2 Å². The quantitative estimate of drug-likeness (QED) is 0.208. The van der Waals surface area contributed by atoms with E-state index >= 15 is 4.39 Å². The van der Waals surface area contributed by atoms with Crippen LogP contribution in [-0.2, 0) is 14.3 Å². The minimum atomic E-state index is -0.952. The van der Waals surface area contributed by atoms with E-state index in [1.807, 2.05) is 0 Å². The van der Waals surface area contributed by atoms with Crippen molar-refractivity contribution >= 4 is 5.78 Å². The van der Waals surface area contributed by atoms with Gasteiger partial charge < -0.3 is 9.47 Å². The number of ketones is 1. The molecule has 0 aromatic heterocycles. The molecule has 3 saturated carbocycles. The fourth-order valence-electron chi connectivity index (χ4n) is 6.95. The molecule has 0 aromatic carbocycles. The summed E-state index contributed by atoms with van der Waals surface area (Å²) in [5, 5.41) is 0. The molecule has 0 aliphatic heterocycles. The topological polar surface area (TPSA) is 35.5 Å². The van der Waals surface area contributed by atoms with Crippen LogP contribution in [0.2, 0.25) is 0 Å². The van der Waals surface area contributed by atoms with E-state index in [2.05, 4.69) is 13.8 Å². The molecule has 0 saturated heterocycles. The van der Waals surface area contributed by atoms with Crippen molar-refractivity contribution in [2.75, 3.05) is 13.2 Å². The highest BCUT2D eigenvalue weighted by Crippen LogP contribution is 2.64. The van der Waals surface area contributed by atoms with Crippen LogP contribution in [0.1, 0.15) is 142 Å². The minimum absolute atomic E-state index is 0.226. The third kappa shape index (κ3) is 6.84. The molecule has 198 valence electrons. The third-order valence-electron chi connectivity index (χ3n) is 9.23. The van der Waals surface area contributed by atoms with Crippen molar-refractivity contribution in [2.45, 2.75) is 161 Å². The van der Waals surface area contributed by atoms with E-state index in [0.717, 1.165) is 51.7 Å². The average molecular weight is 481 g/mol. The largest absolute Gasteiger partial charge is 0.378 e. The lowest BCUT2D eigenvalue weighted by atomic mass is 9.42. The van der Waals surface area contributed by atoms with E-state index in [0.29, 0.717) is 25.7 Å². The van der Waals surface area contributed by atoms with E-state index in [-0.39, 0.29) is 18.0 Å². The molecule has 4 heteroatoms. The van der Waals surface area contributed by atoms with Gasteiger partial charge in [-0.2, -0.15) is 0 Å². The molecule has 0 radical (unpaired) electrons. The van der Waals surface area contributed by atoms with Crippen LogP contribution in [0.5, 0.6) is 0 Å². The first kappa shape index (κ1) is 28.1. The minimum Gasteiger partial charge on any atom is -0.378 e. The molecule has 3 nitrogen and oxygen atoms in total. The lowest BCUT2D eigenvalue weighted by Crippen LogP contribution is -2.69. The molecular weight excluding hydrogens is 427 g/mol. The Balaban J connectivity index is 1.30. The molecule has 0 aromatic rings. The fraction of sp³-hybridized carbons (Fsp3) is 0.967. The highest BCUT2D eigenvalue weighted by Gasteiger charge is 2.71. The van der Waals surface area contributed by atoms with Gasteiger partial charge >= 0.3 is 0 Å². The van der Waals surface area contributed by atoms with Crippen LogP contribution in [0.3, 0.4) is 0 Å². The predicted molar refractivity (Wildman–Crippen MR) is 138 cm³/mol. The average Bonchev–Trinajstić information content (AvgIpc) is 2.88. The van der Waals surface area contributed by atoms with Crippen molar-refractivity contribution in [3.8, 4) is 0 Å². The lowest BCUT2D eigenvalue weighted by Gasteiger charge is -2.61. The summed E-state index contributed by atoms with van der Waals surface area (Å²) in [4.78, 5) is 13.4. The highest BCUT2D eigenvalue weighted by molar-refractivity contribution is 5.98. The standard InChI is InChI=1S/C30H53FO3/c1-3-5-7-9-11-13-23-33-25-15-19-29(20-16-25)27(31)30(28(29)32)21-17-26(18-22-30)34-24-14-12-10-8-6-4-2/h25-27H,3-24H2,1-2H3/t25?,26?,27?,29-,30-. The molecule has 3 aliphatic rings. The Morgan fingerprint density at radius 1 is 0.647 bits per heavy atom. The predicted octanol–water partition coefficient (Wildman–Crippen LogP) is 8.52. The second kappa shape index (κ2) is 14.3. The van der Waals surface area contributed by atoms with Gasteiger partial charge in [0.1, 0.15) is 6.17 Å². The van der Waals surface area contributed by atoms with Gasteiger partial charge in [0.25, 0.3) is 0 Å². The Morgan fingerprint density at radius 2 is 1.00 bits per heavy atom. The number of hydrogen-bond donors (Lipinski definition) is 0. The molecule has 0 heterocycles. The third-order valence-corrected chi connectivity index (χ3v) is 9.23. The van der Waals surface area contributed by atoms with Crippen LogP contribution < -0.4 is 0 Å². The van der Waals surface area contributed by atoms with E-state index < -0.39 is 17.0 Å². The first-order chi connectivity index (χ1) is 16.6. The number of hydrogen-bond acceptors (Lipinski definition) is 3. The number of carbonyl (C=O) groups is 1. The Morgan fingerprint density at radius 3 is 1.35 bits per heavy atom. The zero-order valence-electron chi connectivity index (χ0n) is 22.4. The second-order valence-corrected chi connectivity index (χ2v) is 11.7. The van der Waals surface area contributed by atoms with Gasteiger partial charge in [-0.05, 0) is 64.2 Å². The van der Waals surface area contributed by atoms with Crippen LogP contribution in [0.4, 0.5) is 4.39 Å². The normalized spacial score (nSPS) is 33.5. The van der Waals surface area contributed by atoms with Crippen molar-refractivity contribution in [1.29, 1.82) is 0 Å².